The molecule has 0 aromatic heterocycles. The van der Waals surface area contributed by atoms with Crippen molar-refractivity contribution in [1.82, 2.24) is 0 Å². The molecule has 0 radical (unpaired) electrons. The lowest BCUT2D eigenvalue weighted by Gasteiger charge is -2.34. The second-order valence-electron chi connectivity index (χ2n) is 7.32. The predicted molar refractivity (Wildman–Crippen MR) is 128 cm³/mol. The average Bonchev–Trinajstić information content (AvgIpc) is 2.84. The van der Waals surface area contributed by atoms with Crippen LogP contribution in [0.15, 0.2) is 77.7 Å². The molecule has 1 atom stereocenters. The predicted octanol–water partition coefficient (Wildman–Crippen LogP) is 4.11. The molecule has 0 unspecified atom stereocenters. The van der Waals surface area contributed by atoms with Crippen molar-refractivity contribution in [2.45, 2.75) is 17.9 Å². The Kier molecular flexibility index (Phi) is 6.76. The number of sulfonamides is 1. The second-order valence-corrected chi connectivity index (χ2v) is 9.62. The molecular weight excluding hydrogens is 480 g/mol. The lowest BCUT2D eigenvalue weighted by Crippen LogP contribution is -2.48. The monoisotopic (exact) mass is 500 g/mol. The van der Waals surface area contributed by atoms with Gasteiger partial charge in [0.25, 0.3) is 15.9 Å². The lowest BCUT2D eigenvalue weighted by atomic mass is 10.1. The van der Waals surface area contributed by atoms with Crippen LogP contribution in [0.25, 0.3) is 0 Å². The Labute approximate surface area is 202 Å². The van der Waals surface area contributed by atoms with Crippen LogP contribution in [0.4, 0.5) is 11.4 Å². The number of anilines is 2. The molecule has 176 valence electrons. The van der Waals surface area contributed by atoms with Gasteiger partial charge in [-0.25, -0.2) is 13.2 Å². The molecule has 3 aromatic rings. The van der Waals surface area contributed by atoms with E-state index in [1.165, 1.54) is 30.3 Å². The summed E-state index contributed by atoms with van der Waals surface area (Å²) in [6.07, 6.45) is -1.17. The SMILES string of the molecule is CCOC(=O)c1ccccc1NC(=O)[C@H]1CN(S(=O)(=O)c2ccc(Cl)cc2)c2ccccc2O1. The van der Waals surface area contributed by atoms with Crippen molar-refractivity contribution in [3.05, 3.63) is 83.4 Å². The van der Waals surface area contributed by atoms with Crippen LogP contribution in [-0.2, 0) is 19.6 Å². The van der Waals surface area contributed by atoms with E-state index in [1.54, 1.807) is 49.4 Å². The quantitative estimate of drug-likeness (QED) is 0.511. The number of para-hydroxylation sites is 3. The van der Waals surface area contributed by atoms with Crippen LogP contribution >= 0.6 is 11.6 Å². The third-order valence-corrected chi connectivity index (χ3v) is 7.16. The van der Waals surface area contributed by atoms with E-state index in [9.17, 15) is 18.0 Å². The third-order valence-electron chi connectivity index (χ3n) is 5.11. The van der Waals surface area contributed by atoms with Gasteiger partial charge in [-0.1, -0.05) is 35.9 Å². The summed E-state index contributed by atoms with van der Waals surface area (Å²) >= 11 is 5.91. The van der Waals surface area contributed by atoms with Crippen LogP contribution in [0.1, 0.15) is 17.3 Å². The lowest BCUT2D eigenvalue weighted by molar-refractivity contribution is -0.122. The summed E-state index contributed by atoms with van der Waals surface area (Å²) < 4.78 is 38.9. The largest absolute Gasteiger partial charge is 0.476 e. The van der Waals surface area contributed by atoms with E-state index in [-0.39, 0.29) is 35.0 Å². The highest BCUT2D eigenvalue weighted by Gasteiger charge is 2.37. The van der Waals surface area contributed by atoms with Gasteiger partial charge in [-0.15, -0.1) is 0 Å². The number of esters is 1. The van der Waals surface area contributed by atoms with Gasteiger partial charge in [0.15, 0.2) is 6.10 Å². The Balaban J connectivity index is 1.65. The van der Waals surface area contributed by atoms with E-state index in [4.69, 9.17) is 21.1 Å². The van der Waals surface area contributed by atoms with Crippen molar-refractivity contribution in [3.63, 3.8) is 0 Å². The summed E-state index contributed by atoms with van der Waals surface area (Å²) in [6.45, 7) is 1.60. The van der Waals surface area contributed by atoms with Crippen LogP contribution in [-0.4, -0.2) is 39.5 Å². The molecular formula is C24H21ClN2O6S. The van der Waals surface area contributed by atoms with Crippen LogP contribution in [0.5, 0.6) is 5.75 Å². The summed E-state index contributed by atoms with van der Waals surface area (Å²) in [5, 5.41) is 3.07. The fourth-order valence-corrected chi connectivity index (χ4v) is 5.09. The van der Waals surface area contributed by atoms with Gasteiger partial charge in [0.1, 0.15) is 5.75 Å². The average molecular weight is 501 g/mol. The zero-order valence-corrected chi connectivity index (χ0v) is 19.7. The zero-order valence-electron chi connectivity index (χ0n) is 18.1. The smallest absolute Gasteiger partial charge is 0.340 e. The fourth-order valence-electron chi connectivity index (χ4n) is 3.49. The molecule has 0 saturated heterocycles. The number of rotatable bonds is 6. The van der Waals surface area contributed by atoms with Gasteiger partial charge >= 0.3 is 5.97 Å². The Morgan fingerprint density at radius 2 is 1.74 bits per heavy atom. The van der Waals surface area contributed by atoms with Crippen LogP contribution in [0.2, 0.25) is 5.02 Å². The van der Waals surface area contributed by atoms with E-state index in [0.29, 0.717) is 10.7 Å². The first-order chi connectivity index (χ1) is 16.3. The van der Waals surface area contributed by atoms with Crippen molar-refractivity contribution >= 4 is 44.9 Å². The number of amides is 1. The number of carbonyl (C=O) groups is 2. The van der Waals surface area contributed by atoms with Crippen LogP contribution in [0.3, 0.4) is 0 Å². The number of carbonyl (C=O) groups excluding carboxylic acids is 2. The first-order valence-corrected chi connectivity index (χ1v) is 12.2. The Hall–Kier alpha value is -3.56. The van der Waals surface area contributed by atoms with E-state index in [0.717, 1.165) is 4.31 Å². The molecule has 1 N–H and O–H groups in total. The first kappa shape index (κ1) is 23.6. The normalized spacial score (nSPS) is 15.1. The van der Waals surface area contributed by atoms with E-state index in [2.05, 4.69) is 5.32 Å². The van der Waals surface area contributed by atoms with Crippen molar-refractivity contribution in [1.29, 1.82) is 0 Å². The van der Waals surface area contributed by atoms with Gasteiger partial charge in [0, 0.05) is 5.02 Å². The van der Waals surface area contributed by atoms with Crippen molar-refractivity contribution < 1.29 is 27.5 Å². The molecule has 8 nitrogen and oxygen atoms in total. The van der Waals surface area contributed by atoms with Gasteiger partial charge < -0.3 is 14.8 Å². The highest BCUT2D eigenvalue weighted by Crippen LogP contribution is 2.37. The molecule has 4 rings (SSSR count). The highest BCUT2D eigenvalue weighted by atomic mass is 35.5. The molecule has 0 saturated carbocycles. The van der Waals surface area contributed by atoms with Crippen LogP contribution < -0.4 is 14.4 Å². The molecule has 10 heteroatoms. The summed E-state index contributed by atoms with van der Waals surface area (Å²) in [4.78, 5) is 25.4. The Morgan fingerprint density at radius 1 is 1.06 bits per heavy atom. The van der Waals surface area contributed by atoms with Crippen molar-refractivity contribution in [2.75, 3.05) is 22.8 Å². The van der Waals surface area contributed by atoms with E-state index < -0.39 is 28.0 Å². The number of benzene rings is 3. The second kappa shape index (κ2) is 9.74. The van der Waals surface area contributed by atoms with Crippen molar-refractivity contribution in [3.8, 4) is 5.75 Å². The minimum absolute atomic E-state index is 0.0282. The zero-order chi connectivity index (χ0) is 24.3. The maximum atomic E-state index is 13.4. The van der Waals surface area contributed by atoms with Crippen LogP contribution in [0, 0.1) is 0 Å². The third kappa shape index (κ3) is 4.71. The number of nitrogens with zero attached hydrogens (tertiary/aromatic N) is 1. The minimum Gasteiger partial charge on any atom is -0.476 e. The molecule has 0 aliphatic carbocycles. The van der Waals surface area contributed by atoms with Gasteiger partial charge in [-0.05, 0) is 55.5 Å². The summed E-state index contributed by atoms with van der Waals surface area (Å²) in [7, 11) is -4.02. The standard InChI is InChI=1S/C24H21ClN2O6S/c1-2-32-24(29)18-7-3-4-8-19(18)26-23(28)22-15-27(20-9-5-6-10-21(20)33-22)34(30,31)17-13-11-16(25)12-14-17/h3-14,22H,2,15H2,1H3,(H,26,28)/t22-/m1/s1. The number of ether oxygens (including phenoxy) is 2. The fraction of sp³-hybridized carbons (Fsp3) is 0.167. The summed E-state index contributed by atoms with van der Waals surface area (Å²) in [5.41, 5.74) is 0.730. The van der Waals surface area contributed by atoms with Gasteiger partial charge in [-0.3, -0.25) is 9.10 Å². The Bertz CT molecular complexity index is 1330. The molecule has 1 aliphatic heterocycles. The summed E-state index contributed by atoms with van der Waals surface area (Å²) in [5.74, 6) is -0.951. The number of hydrogen-bond acceptors (Lipinski definition) is 6. The van der Waals surface area contributed by atoms with Gasteiger partial charge in [-0.2, -0.15) is 0 Å². The maximum absolute atomic E-state index is 13.4. The maximum Gasteiger partial charge on any atom is 0.340 e. The highest BCUT2D eigenvalue weighted by molar-refractivity contribution is 7.92. The van der Waals surface area contributed by atoms with E-state index >= 15 is 0 Å². The number of nitrogens with one attached hydrogen (secondary N) is 1. The molecule has 0 fully saturated rings. The molecule has 1 aliphatic rings. The number of fused-ring (bicyclic) bond motifs is 1. The Morgan fingerprint density at radius 3 is 2.47 bits per heavy atom. The molecule has 0 bridgehead atoms. The number of hydrogen-bond donors (Lipinski definition) is 1. The first-order valence-electron chi connectivity index (χ1n) is 10.4. The van der Waals surface area contributed by atoms with Gasteiger partial charge in [0.2, 0.25) is 0 Å². The molecule has 1 amide bonds. The molecule has 3 aromatic carbocycles. The van der Waals surface area contributed by atoms with Crippen molar-refractivity contribution in [2.24, 2.45) is 0 Å². The number of halogens is 1. The topological polar surface area (TPSA) is 102 Å². The van der Waals surface area contributed by atoms with E-state index in [1.807, 2.05) is 0 Å². The molecule has 1 heterocycles. The van der Waals surface area contributed by atoms with Gasteiger partial charge in [0.05, 0.1) is 35.0 Å². The molecule has 0 spiro atoms. The summed E-state index contributed by atoms with van der Waals surface area (Å²) in [6, 6.07) is 18.7. The minimum atomic E-state index is -4.02. The molecule has 34 heavy (non-hydrogen) atoms.